The molecule has 0 aromatic carbocycles. The lowest BCUT2D eigenvalue weighted by Crippen LogP contribution is -2.16. The van der Waals surface area contributed by atoms with Crippen molar-refractivity contribution in [3.05, 3.63) is 17.5 Å². The van der Waals surface area contributed by atoms with Crippen LogP contribution in [-0.2, 0) is 26.1 Å². The summed E-state index contributed by atoms with van der Waals surface area (Å²) in [5.41, 5.74) is 1.19. The SMILES string of the molecule is COC(=O)CCCCCCCC(=O)OCC(=O)c1cc(C)nn1C. The topological polar surface area (TPSA) is 87.5 Å². The molecule has 0 bridgehead atoms. The van der Waals surface area contributed by atoms with Crippen LogP contribution in [-0.4, -0.2) is 41.2 Å². The number of ketones is 1. The van der Waals surface area contributed by atoms with Gasteiger partial charge < -0.3 is 9.47 Å². The van der Waals surface area contributed by atoms with Gasteiger partial charge in [-0.3, -0.25) is 19.1 Å². The van der Waals surface area contributed by atoms with Crippen molar-refractivity contribution < 1.29 is 23.9 Å². The Hall–Kier alpha value is -2.18. The summed E-state index contributed by atoms with van der Waals surface area (Å²) in [6.45, 7) is 1.55. The highest BCUT2D eigenvalue weighted by atomic mass is 16.5. The van der Waals surface area contributed by atoms with Gasteiger partial charge in [-0.25, -0.2) is 0 Å². The number of hydrogen-bond acceptors (Lipinski definition) is 6. The molecule has 0 radical (unpaired) electrons. The number of ether oxygens (including phenoxy) is 2. The Balaban J connectivity index is 2.09. The number of nitrogens with zero attached hydrogens (tertiary/aromatic N) is 2. The molecule has 7 nitrogen and oxygen atoms in total. The van der Waals surface area contributed by atoms with Gasteiger partial charge in [-0.05, 0) is 25.8 Å². The zero-order chi connectivity index (χ0) is 17.9. The average Bonchev–Trinajstić information content (AvgIpc) is 2.89. The van der Waals surface area contributed by atoms with Crippen molar-refractivity contribution in [1.82, 2.24) is 9.78 Å². The maximum atomic E-state index is 11.9. The third-order valence-electron chi connectivity index (χ3n) is 3.64. The Labute approximate surface area is 142 Å². The summed E-state index contributed by atoms with van der Waals surface area (Å²) in [7, 11) is 3.07. The summed E-state index contributed by atoms with van der Waals surface area (Å²) >= 11 is 0. The third kappa shape index (κ3) is 7.39. The Kier molecular flexibility index (Phi) is 8.75. The Bertz CT molecular complexity index is 565. The monoisotopic (exact) mass is 338 g/mol. The molecule has 0 fully saturated rings. The lowest BCUT2D eigenvalue weighted by molar-refractivity contribution is -0.142. The van der Waals surface area contributed by atoms with Gasteiger partial charge in [0.05, 0.1) is 12.8 Å². The van der Waals surface area contributed by atoms with Crippen molar-refractivity contribution in [2.75, 3.05) is 13.7 Å². The molecule has 24 heavy (non-hydrogen) atoms. The zero-order valence-corrected chi connectivity index (χ0v) is 14.7. The number of hydrogen-bond donors (Lipinski definition) is 0. The number of rotatable bonds is 11. The van der Waals surface area contributed by atoms with E-state index in [2.05, 4.69) is 9.84 Å². The predicted molar refractivity (Wildman–Crippen MR) is 87.6 cm³/mol. The van der Waals surface area contributed by atoms with Gasteiger partial charge in [0, 0.05) is 19.9 Å². The molecule has 0 aliphatic carbocycles. The molecule has 134 valence electrons. The van der Waals surface area contributed by atoms with Crippen LogP contribution in [0.15, 0.2) is 6.07 Å². The highest BCUT2D eigenvalue weighted by Gasteiger charge is 2.14. The largest absolute Gasteiger partial charge is 0.469 e. The normalized spacial score (nSPS) is 10.5. The van der Waals surface area contributed by atoms with Crippen molar-refractivity contribution in [3.63, 3.8) is 0 Å². The Morgan fingerprint density at radius 2 is 1.62 bits per heavy atom. The first-order chi connectivity index (χ1) is 11.4. The van der Waals surface area contributed by atoms with Crippen molar-refractivity contribution in [2.45, 2.75) is 51.9 Å². The van der Waals surface area contributed by atoms with Gasteiger partial charge in [-0.1, -0.05) is 19.3 Å². The predicted octanol–water partition coefficient (Wildman–Crippen LogP) is 2.36. The van der Waals surface area contributed by atoms with Crippen LogP contribution in [0.5, 0.6) is 0 Å². The number of methoxy groups -OCH3 is 1. The second-order valence-electron chi connectivity index (χ2n) is 5.72. The number of aryl methyl sites for hydroxylation is 2. The van der Waals surface area contributed by atoms with E-state index in [1.165, 1.54) is 11.8 Å². The number of carbonyl (C=O) groups is 3. The van der Waals surface area contributed by atoms with E-state index in [4.69, 9.17) is 4.74 Å². The number of aromatic nitrogens is 2. The van der Waals surface area contributed by atoms with Crippen LogP contribution < -0.4 is 0 Å². The number of carbonyl (C=O) groups excluding carboxylic acids is 3. The molecular formula is C17H26N2O5. The van der Waals surface area contributed by atoms with Crippen molar-refractivity contribution >= 4 is 17.7 Å². The number of unbranched alkanes of at least 4 members (excludes halogenated alkanes) is 4. The molecule has 0 amide bonds. The maximum absolute atomic E-state index is 11.9. The van der Waals surface area contributed by atoms with Gasteiger partial charge in [-0.15, -0.1) is 0 Å². The van der Waals surface area contributed by atoms with Crippen LogP contribution >= 0.6 is 0 Å². The van der Waals surface area contributed by atoms with Gasteiger partial charge in [-0.2, -0.15) is 5.10 Å². The summed E-state index contributed by atoms with van der Waals surface area (Å²) in [6, 6.07) is 1.67. The van der Waals surface area contributed by atoms with Gasteiger partial charge in [0.15, 0.2) is 6.61 Å². The quantitative estimate of drug-likeness (QED) is 0.350. The van der Waals surface area contributed by atoms with E-state index in [1.54, 1.807) is 20.0 Å². The number of esters is 2. The first kappa shape index (κ1) is 19.9. The number of Topliss-reactive ketones (excluding diaryl/α,β-unsaturated/α-hetero) is 1. The molecule has 1 aromatic rings. The van der Waals surface area contributed by atoms with Crippen LogP contribution in [0.3, 0.4) is 0 Å². The minimum absolute atomic E-state index is 0.188. The molecule has 1 rings (SSSR count). The standard InChI is InChI=1S/C17H26N2O5/c1-13-11-14(19(2)18-13)15(20)12-24-17(22)10-8-6-4-5-7-9-16(21)23-3/h11H,4-10,12H2,1-3H3. The molecule has 0 saturated carbocycles. The van der Waals surface area contributed by atoms with Crippen LogP contribution in [0, 0.1) is 6.92 Å². The summed E-state index contributed by atoms with van der Waals surface area (Å²) in [5, 5.41) is 4.09. The lowest BCUT2D eigenvalue weighted by atomic mass is 10.1. The molecule has 0 unspecified atom stereocenters. The second kappa shape index (κ2) is 10.6. The first-order valence-electron chi connectivity index (χ1n) is 8.20. The van der Waals surface area contributed by atoms with Gasteiger partial charge >= 0.3 is 11.9 Å². The van der Waals surface area contributed by atoms with E-state index in [-0.39, 0.29) is 24.3 Å². The molecule has 0 aliphatic rings. The zero-order valence-electron chi connectivity index (χ0n) is 14.7. The first-order valence-corrected chi connectivity index (χ1v) is 8.20. The van der Waals surface area contributed by atoms with Gasteiger partial charge in [0.25, 0.3) is 0 Å². The Morgan fingerprint density at radius 1 is 1.04 bits per heavy atom. The van der Waals surface area contributed by atoms with Gasteiger partial charge in [0.1, 0.15) is 5.69 Å². The molecule has 0 saturated heterocycles. The maximum Gasteiger partial charge on any atom is 0.306 e. The molecule has 0 aliphatic heterocycles. The van der Waals surface area contributed by atoms with Crippen molar-refractivity contribution in [2.24, 2.45) is 7.05 Å². The molecular weight excluding hydrogens is 312 g/mol. The molecule has 7 heteroatoms. The smallest absolute Gasteiger partial charge is 0.306 e. The van der Waals surface area contributed by atoms with E-state index in [1.807, 2.05) is 0 Å². The second-order valence-corrected chi connectivity index (χ2v) is 5.72. The van der Waals surface area contributed by atoms with Gasteiger partial charge in [0.2, 0.25) is 5.78 Å². The Morgan fingerprint density at radius 3 is 2.17 bits per heavy atom. The average molecular weight is 338 g/mol. The fraction of sp³-hybridized carbons (Fsp3) is 0.647. The van der Waals surface area contributed by atoms with E-state index < -0.39 is 0 Å². The van der Waals surface area contributed by atoms with Crippen LogP contribution in [0.4, 0.5) is 0 Å². The van der Waals surface area contributed by atoms with Crippen molar-refractivity contribution in [3.8, 4) is 0 Å². The van der Waals surface area contributed by atoms with Crippen LogP contribution in [0.25, 0.3) is 0 Å². The molecule has 1 aromatic heterocycles. The fourth-order valence-corrected chi connectivity index (χ4v) is 2.33. The van der Waals surface area contributed by atoms with Crippen LogP contribution in [0.2, 0.25) is 0 Å². The summed E-state index contributed by atoms with van der Waals surface area (Å²) < 4.78 is 11.1. The van der Waals surface area contributed by atoms with E-state index in [9.17, 15) is 14.4 Å². The summed E-state index contributed by atoms with van der Waals surface area (Å²) in [6.07, 6.45) is 5.04. The summed E-state index contributed by atoms with van der Waals surface area (Å²) in [4.78, 5) is 34.5. The minimum Gasteiger partial charge on any atom is -0.469 e. The molecule has 0 spiro atoms. The van der Waals surface area contributed by atoms with E-state index >= 15 is 0 Å². The molecule has 0 N–H and O–H groups in total. The highest BCUT2D eigenvalue weighted by Crippen LogP contribution is 2.09. The minimum atomic E-state index is -0.364. The van der Waals surface area contributed by atoms with Crippen LogP contribution in [0.1, 0.15) is 61.1 Å². The molecule has 0 atom stereocenters. The lowest BCUT2D eigenvalue weighted by Gasteiger charge is -2.05. The van der Waals surface area contributed by atoms with Crippen molar-refractivity contribution in [1.29, 1.82) is 0 Å². The highest BCUT2D eigenvalue weighted by molar-refractivity contribution is 5.96. The fourth-order valence-electron chi connectivity index (χ4n) is 2.33. The summed E-state index contributed by atoms with van der Waals surface area (Å²) in [5.74, 6) is -0.807. The van der Waals surface area contributed by atoms with E-state index in [0.717, 1.165) is 37.8 Å². The third-order valence-corrected chi connectivity index (χ3v) is 3.64. The molecule has 1 heterocycles. The van der Waals surface area contributed by atoms with E-state index in [0.29, 0.717) is 18.5 Å².